The van der Waals surface area contributed by atoms with Gasteiger partial charge in [-0.25, -0.2) is 0 Å². The molecule has 0 aliphatic carbocycles. The molecule has 2 amide bonds. The lowest BCUT2D eigenvalue weighted by Gasteiger charge is -2.15. The first kappa shape index (κ1) is 18.4. The minimum Gasteiger partial charge on any atom is -0.495 e. The first-order valence-electron chi connectivity index (χ1n) is 7.34. The van der Waals surface area contributed by atoms with Crippen molar-refractivity contribution in [1.82, 2.24) is 4.90 Å². The number of methoxy groups -OCH3 is 1. The number of ketones is 1. The number of ether oxygens (including phenoxy) is 1. The Kier molecular flexibility index (Phi) is 5.95. The Morgan fingerprint density at radius 3 is 2.67 bits per heavy atom. The number of carbonyl (C=O) groups is 3. The van der Waals surface area contributed by atoms with Gasteiger partial charge in [0.1, 0.15) is 10.1 Å². The van der Waals surface area contributed by atoms with Gasteiger partial charge in [-0.2, -0.15) is 0 Å². The van der Waals surface area contributed by atoms with Crippen molar-refractivity contribution >= 4 is 51.6 Å². The molecule has 1 aromatic carbocycles. The molecule has 1 unspecified atom stereocenters. The van der Waals surface area contributed by atoms with E-state index < -0.39 is 0 Å². The predicted molar refractivity (Wildman–Crippen MR) is 97.6 cm³/mol. The Labute approximate surface area is 149 Å². The molecule has 6 nitrogen and oxygen atoms in total. The summed E-state index contributed by atoms with van der Waals surface area (Å²) in [4.78, 5) is 37.0. The maximum absolute atomic E-state index is 12.2. The van der Waals surface area contributed by atoms with E-state index in [-0.39, 0.29) is 35.8 Å². The maximum Gasteiger partial charge on any atom is 0.241 e. The Hall–Kier alpha value is -1.93. The van der Waals surface area contributed by atoms with Gasteiger partial charge in [0, 0.05) is 18.5 Å². The Balaban J connectivity index is 2.02. The van der Waals surface area contributed by atoms with Gasteiger partial charge in [0.15, 0.2) is 5.78 Å². The van der Waals surface area contributed by atoms with E-state index in [2.05, 4.69) is 5.32 Å². The highest BCUT2D eigenvalue weighted by atomic mass is 32.2. The topological polar surface area (TPSA) is 75.7 Å². The van der Waals surface area contributed by atoms with E-state index in [0.717, 1.165) is 0 Å². The van der Waals surface area contributed by atoms with E-state index in [0.29, 0.717) is 21.3 Å². The SMILES string of the molecule is COc1ccc(C(C)=O)cc1NC(=O)CCN1C(=O)C(C)SC1=S. The number of nitrogens with one attached hydrogen (secondary N) is 1. The molecule has 0 aromatic heterocycles. The van der Waals surface area contributed by atoms with Crippen LogP contribution in [0.15, 0.2) is 18.2 Å². The summed E-state index contributed by atoms with van der Waals surface area (Å²) in [7, 11) is 1.48. The first-order valence-corrected chi connectivity index (χ1v) is 8.63. The largest absolute Gasteiger partial charge is 0.495 e. The van der Waals surface area contributed by atoms with Gasteiger partial charge in [-0.15, -0.1) is 0 Å². The molecular formula is C16H18N2O4S2. The monoisotopic (exact) mass is 366 g/mol. The Bertz CT molecular complexity index is 705. The van der Waals surface area contributed by atoms with Crippen LogP contribution in [0, 0.1) is 0 Å². The third-order valence-corrected chi connectivity index (χ3v) is 5.04. The van der Waals surface area contributed by atoms with Gasteiger partial charge in [0.05, 0.1) is 18.0 Å². The molecule has 1 heterocycles. The second-order valence-corrected chi connectivity index (χ2v) is 7.26. The highest BCUT2D eigenvalue weighted by Crippen LogP contribution is 2.28. The first-order chi connectivity index (χ1) is 11.3. The summed E-state index contributed by atoms with van der Waals surface area (Å²) in [6, 6.07) is 4.84. The summed E-state index contributed by atoms with van der Waals surface area (Å²) in [6.45, 7) is 3.47. The van der Waals surface area contributed by atoms with Crippen LogP contribution < -0.4 is 10.1 Å². The van der Waals surface area contributed by atoms with Crippen molar-refractivity contribution < 1.29 is 19.1 Å². The van der Waals surface area contributed by atoms with E-state index in [4.69, 9.17) is 17.0 Å². The second kappa shape index (κ2) is 7.76. The number of benzene rings is 1. The zero-order chi connectivity index (χ0) is 17.9. The Morgan fingerprint density at radius 2 is 2.12 bits per heavy atom. The smallest absolute Gasteiger partial charge is 0.241 e. The lowest BCUT2D eigenvalue weighted by atomic mass is 10.1. The number of thioether (sulfide) groups is 1. The summed E-state index contributed by atoms with van der Waals surface area (Å²) >= 11 is 6.46. The van der Waals surface area contributed by atoms with Gasteiger partial charge in [0.25, 0.3) is 0 Å². The highest BCUT2D eigenvalue weighted by molar-refractivity contribution is 8.24. The van der Waals surface area contributed by atoms with Crippen molar-refractivity contribution in [2.45, 2.75) is 25.5 Å². The van der Waals surface area contributed by atoms with Gasteiger partial charge < -0.3 is 10.1 Å². The van der Waals surface area contributed by atoms with Crippen molar-refractivity contribution in [2.24, 2.45) is 0 Å². The molecule has 0 spiro atoms. The molecule has 1 atom stereocenters. The van der Waals surface area contributed by atoms with E-state index in [1.54, 1.807) is 25.1 Å². The molecule has 1 saturated heterocycles. The van der Waals surface area contributed by atoms with Crippen LogP contribution in [0.3, 0.4) is 0 Å². The molecule has 24 heavy (non-hydrogen) atoms. The third kappa shape index (κ3) is 4.12. The van der Waals surface area contributed by atoms with E-state index in [1.165, 1.54) is 30.7 Å². The minimum absolute atomic E-state index is 0.0750. The lowest BCUT2D eigenvalue weighted by Crippen LogP contribution is -2.33. The van der Waals surface area contributed by atoms with Crippen molar-refractivity contribution in [1.29, 1.82) is 0 Å². The standard InChI is InChI=1S/C16H18N2O4S2/c1-9(19)11-4-5-13(22-3)12(8-11)17-14(20)6-7-18-15(21)10(2)24-16(18)23/h4-5,8,10H,6-7H2,1-3H3,(H,17,20). The van der Waals surface area contributed by atoms with Crippen LogP contribution >= 0.6 is 24.0 Å². The normalized spacial score (nSPS) is 17.1. The van der Waals surface area contributed by atoms with Gasteiger partial charge in [-0.3, -0.25) is 19.3 Å². The van der Waals surface area contributed by atoms with E-state index in [1.807, 2.05) is 0 Å². The minimum atomic E-state index is -0.283. The van der Waals surface area contributed by atoms with Gasteiger partial charge in [0.2, 0.25) is 11.8 Å². The fourth-order valence-electron chi connectivity index (χ4n) is 2.23. The molecule has 8 heteroatoms. The van der Waals surface area contributed by atoms with E-state index >= 15 is 0 Å². The molecule has 0 bridgehead atoms. The number of hydrogen-bond donors (Lipinski definition) is 1. The number of nitrogens with zero attached hydrogens (tertiary/aromatic N) is 1. The fraction of sp³-hybridized carbons (Fsp3) is 0.375. The molecule has 1 aromatic rings. The second-order valence-electron chi connectivity index (χ2n) is 5.29. The molecule has 128 valence electrons. The van der Waals surface area contributed by atoms with Crippen molar-refractivity contribution in [2.75, 3.05) is 19.0 Å². The van der Waals surface area contributed by atoms with Gasteiger partial charge >= 0.3 is 0 Å². The van der Waals surface area contributed by atoms with Crippen LogP contribution in [-0.2, 0) is 9.59 Å². The quantitative estimate of drug-likeness (QED) is 0.616. The van der Waals surface area contributed by atoms with Crippen LogP contribution in [-0.4, -0.2) is 45.7 Å². The Morgan fingerprint density at radius 1 is 1.42 bits per heavy atom. The van der Waals surface area contributed by atoms with Crippen molar-refractivity contribution in [3.05, 3.63) is 23.8 Å². The molecule has 2 rings (SSSR count). The average molecular weight is 366 g/mol. The molecule has 1 aliphatic rings. The summed E-state index contributed by atoms with van der Waals surface area (Å²) in [6.07, 6.45) is 0.104. The summed E-state index contributed by atoms with van der Waals surface area (Å²) < 4.78 is 5.69. The number of Topliss-reactive ketones (excluding diaryl/α,β-unsaturated/α-hetero) is 1. The molecule has 1 fully saturated rings. The highest BCUT2D eigenvalue weighted by Gasteiger charge is 2.33. The van der Waals surface area contributed by atoms with Crippen molar-refractivity contribution in [3.8, 4) is 5.75 Å². The van der Waals surface area contributed by atoms with Crippen LogP contribution in [0.1, 0.15) is 30.6 Å². The third-order valence-electron chi connectivity index (χ3n) is 3.55. The van der Waals surface area contributed by atoms with Gasteiger partial charge in [-0.05, 0) is 32.0 Å². The van der Waals surface area contributed by atoms with Gasteiger partial charge in [-0.1, -0.05) is 24.0 Å². The predicted octanol–water partition coefficient (Wildman–Crippen LogP) is 2.48. The molecular weight excluding hydrogens is 348 g/mol. The fourth-order valence-corrected chi connectivity index (χ4v) is 3.68. The van der Waals surface area contributed by atoms with Crippen LogP contribution in [0.5, 0.6) is 5.75 Å². The summed E-state index contributed by atoms with van der Waals surface area (Å²) in [5.41, 5.74) is 0.903. The van der Waals surface area contributed by atoms with Crippen LogP contribution in [0.25, 0.3) is 0 Å². The number of thiocarbonyl (C=S) groups is 1. The molecule has 0 saturated carbocycles. The number of rotatable bonds is 6. The zero-order valence-electron chi connectivity index (χ0n) is 13.6. The summed E-state index contributed by atoms with van der Waals surface area (Å²) in [5, 5.41) is 2.52. The number of anilines is 1. The van der Waals surface area contributed by atoms with Crippen LogP contribution in [0.2, 0.25) is 0 Å². The molecule has 0 radical (unpaired) electrons. The number of carbonyl (C=O) groups excluding carboxylic acids is 3. The lowest BCUT2D eigenvalue weighted by molar-refractivity contribution is -0.126. The molecule has 1 N–H and O–H groups in total. The number of hydrogen-bond acceptors (Lipinski definition) is 6. The zero-order valence-corrected chi connectivity index (χ0v) is 15.3. The van der Waals surface area contributed by atoms with Crippen molar-refractivity contribution in [3.63, 3.8) is 0 Å². The van der Waals surface area contributed by atoms with Crippen LogP contribution in [0.4, 0.5) is 5.69 Å². The average Bonchev–Trinajstić information content (AvgIpc) is 2.78. The maximum atomic E-state index is 12.2. The molecule has 1 aliphatic heterocycles. The number of amides is 2. The summed E-state index contributed by atoms with van der Waals surface area (Å²) in [5.74, 6) is 0.000543. The van der Waals surface area contributed by atoms with E-state index in [9.17, 15) is 14.4 Å².